The summed E-state index contributed by atoms with van der Waals surface area (Å²) in [6, 6.07) is 0. The second kappa shape index (κ2) is 13.2. The highest BCUT2D eigenvalue weighted by Gasteiger charge is 2.16. The van der Waals surface area contributed by atoms with Gasteiger partial charge in [0.1, 0.15) is 8.07 Å². The first-order chi connectivity index (χ1) is 12.0. The van der Waals surface area contributed by atoms with Gasteiger partial charge in [-0.25, -0.2) is 0 Å². The zero-order chi connectivity index (χ0) is 18.4. The van der Waals surface area contributed by atoms with Crippen molar-refractivity contribution in [3.05, 3.63) is 12.2 Å². The van der Waals surface area contributed by atoms with Gasteiger partial charge in [-0.05, 0) is 57.3 Å². The average Bonchev–Trinajstić information content (AvgIpc) is 2.56. The first-order valence-corrected chi connectivity index (χ1v) is 13.4. The monoisotopic (exact) mass is 360 g/mol. The molecule has 2 nitrogen and oxygen atoms in total. The molecule has 0 radical (unpaired) electrons. The van der Waals surface area contributed by atoms with Crippen LogP contribution in [0.1, 0.15) is 64.7 Å². The molecule has 25 heavy (non-hydrogen) atoms. The molecule has 0 aromatic carbocycles. The van der Waals surface area contributed by atoms with Crippen molar-refractivity contribution in [3.63, 3.8) is 0 Å². The predicted octanol–water partition coefficient (Wildman–Crippen LogP) is 5.70. The van der Waals surface area contributed by atoms with Gasteiger partial charge in [-0.1, -0.05) is 50.6 Å². The van der Waals surface area contributed by atoms with Crippen molar-refractivity contribution in [2.75, 3.05) is 6.61 Å². The van der Waals surface area contributed by atoms with Crippen molar-refractivity contribution in [1.82, 2.24) is 0 Å². The maximum atomic E-state index is 5.94. The fraction of sp³-hybridized carbons (Fsp3) is 0.727. The standard InChI is InChI=1S/C22H36O2Si/c1-21(24-22-18-14-15-19-23-22)17-13-11-9-7-5-6-8-10-12-16-20-25(2,3)4/h5-6,21-22H,7-9,11,13-15,17-19H2,1-4H3/b6-5-. The van der Waals surface area contributed by atoms with Crippen LogP contribution >= 0.6 is 0 Å². The SMILES string of the molecule is CC(CCCCC/C=C\CC#CC#C[Si](C)(C)C)OC1CCCCO1. The molecule has 1 fully saturated rings. The first-order valence-electron chi connectivity index (χ1n) is 9.89. The van der Waals surface area contributed by atoms with Crippen LogP contribution in [0.4, 0.5) is 0 Å². The van der Waals surface area contributed by atoms with E-state index in [1.165, 1.54) is 32.1 Å². The summed E-state index contributed by atoms with van der Waals surface area (Å²) in [7, 11) is -1.27. The molecule has 2 atom stereocenters. The minimum Gasteiger partial charge on any atom is -0.353 e. The van der Waals surface area contributed by atoms with Crippen LogP contribution in [0, 0.1) is 23.3 Å². The van der Waals surface area contributed by atoms with Crippen LogP contribution in [0.15, 0.2) is 12.2 Å². The Bertz CT molecular complexity index is 490. The Hall–Kier alpha value is -1.00. The largest absolute Gasteiger partial charge is 0.353 e. The van der Waals surface area contributed by atoms with Gasteiger partial charge in [-0.2, -0.15) is 0 Å². The molecule has 0 saturated carbocycles. The Morgan fingerprint density at radius 3 is 2.68 bits per heavy atom. The minimum absolute atomic E-state index is 0.0447. The van der Waals surface area contributed by atoms with Gasteiger partial charge in [0, 0.05) is 13.0 Å². The fourth-order valence-corrected chi connectivity index (χ4v) is 3.03. The molecule has 0 aromatic rings. The highest BCUT2D eigenvalue weighted by atomic mass is 28.3. The Labute approximate surface area is 156 Å². The summed E-state index contributed by atoms with van der Waals surface area (Å²) in [6.45, 7) is 9.73. The zero-order valence-corrected chi connectivity index (χ0v) is 17.7. The summed E-state index contributed by atoms with van der Waals surface area (Å²) in [4.78, 5) is 0. The van der Waals surface area contributed by atoms with E-state index in [0.717, 1.165) is 32.3 Å². The van der Waals surface area contributed by atoms with E-state index in [0.29, 0.717) is 6.10 Å². The van der Waals surface area contributed by atoms with Crippen LogP contribution in [0.5, 0.6) is 0 Å². The number of unbranched alkanes of at least 4 members (excludes halogenated alkanes) is 3. The second-order valence-electron chi connectivity index (χ2n) is 7.86. The summed E-state index contributed by atoms with van der Waals surface area (Å²) in [6.07, 6.45) is 15.1. The molecule has 1 heterocycles. The van der Waals surface area contributed by atoms with E-state index in [4.69, 9.17) is 9.47 Å². The van der Waals surface area contributed by atoms with Crippen LogP contribution in [0.2, 0.25) is 19.6 Å². The molecule has 1 rings (SSSR count). The molecule has 0 amide bonds. The van der Waals surface area contributed by atoms with E-state index >= 15 is 0 Å². The number of rotatable bonds is 9. The molecule has 0 N–H and O–H groups in total. The maximum absolute atomic E-state index is 5.94. The van der Waals surface area contributed by atoms with E-state index in [2.05, 4.69) is 62.0 Å². The van der Waals surface area contributed by atoms with Crippen LogP contribution in [0.3, 0.4) is 0 Å². The van der Waals surface area contributed by atoms with Gasteiger partial charge in [-0.15, -0.1) is 5.54 Å². The summed E-state index contributed by atoms with van der Waals surface area (Å²) in [5, 5.41) is 0. The van der Waals surface area contributed by atoms with Gasteiger partial charge in [0.25, 0.3) is 0 Å². The van der Waals surface area contributed by atoms with E-state index in [1.54, 1.807) is 0 Å². The lowest BCUT2D eigenvalue weighted by Crippen LogP contribution is -2.26. The van der Waals surface area contributed by atoms with Gasteiger partial charge < -0.3 is 9.47 Å². The van der Waals surface area contributed by atoms with E-state index < -0.39 is 8.07 Å². The molecule has 0 bridgehead atoms. The van der Waals surface area contributed by atoms with Gasteiger partial charge in [0.15, 0.2) is 6.29 Å². The number of hydrogen-bond donors (Lipinski definition) is 0. The topological polar surface area (TPSA) is 18.5 Å². The summed E-state index contributed by atoms with van der Waals surface area (Å²) in [5.74, 6) is 9.02. The minimum atomic E-state index is -1.27. The van der Waals surface area contributed by atoms with Crippen molar-refractivity contribution < 1.29 is 9.47 Å². The molecule has 0 aliphatic carbocycles. The fourth-order valence-electron chi connectivity index (χ4n) is 2.59. The lowest BCUT2D eigenvalue weighted by molar-refractivity contribution is -0.185. The zero-order valence-electron chi connectivity index (χ0n) is 16.7. The molecule has 1 saturated heterocycles. The first kappa shape index (κ1) is 22.0. The van der Waals surface area contributed by atoms with E-state index in [1.807, 2.05) is 0 Å². The molecule has 0 spiro atoms. The Morgan fingerprint density at radius 1 is 1.12 bits per heavy atom. The van der Waals surface area contributed by atoms with Crippen molar-refractivity contribution in [1.29, 1.82) is 0 Å². The van der Waals surface area contributed by atoms with Gasteiger partial charge in [0.05, 0.1) is 6.10 Å². The predicted molar refractivity (Wildman–Crippen MR) is 110 cm³/mol. The van der Waals surface area contributed by atoms with Crippen LogP contribution < -0.4 is 0 Å². The lowest BCUT2D eigenvalue weighted by atomic mass is 10.1. The third-order valence-corrected chi connectivity index (χ3v) is 4.85. The summed E-state index contributed by atoms with van der Waals surface area (Å²) < 4.78 is 11.6. The lowest BCUT2D eigenvalue weighted by Gasteiger charge is -2.26. The number of hydrogen-bond acceptors (Lipinski definition) is 2. The second-order valence-corrected chi connectivity index (χ2v) is 12.6. The Morgan fingerprint density at radius 2 is 1.96 bits per heavy atom. The third kappa shape index (κ3) is 13.9. The normalized spacial score (nSPS) is 19.0. The number of ether oxygens (including phenoxy) is 2. The van der Waals surface area contributed by atoms with Gasteiger partial charge in [0.2, 0.25) is 0 Å². The van der Waals surface area contributed by atoms with Crippen LogP contribution in [-0.2, 0) is 9.47 Å². The molecule has 1 aliphatic heterocycles. The van der Waals surface area contributed by atoms with Crippen molar-refractivity contribution in [3.8, 4) is 23.3 Å². The van der Waals surface area contributed by atoms with Gasteiger partial charge in [-0.3, -0.25) is 0 Å². The molecule has 0 aromatic heterocycles. The average molecular weight is 361 g/mol. The summed E-state index contributed by atoms with van der Waals surface area (Å²) in [5.41, 5.74) is 3.25. The molecule has 2 unspecified atom stereocenters. The molecular formula is C22H36O2Si. The smallest absolute Gasteiger partial charge is 0.157 e. The Balaban J connectivity index is 1.97. The van der Waals surface area contributed by atoms with Crippen molar-refractivity contribution in [2.24, 2.45) is 0 Å². The van der Waals surface area contributed by atoms with Crippen LogP contribution in [-0.4, -0.2) is 27.1 Å². The van der Waals surface area contributed by atoms with Crippen LogP contribution in [0.25, 0.3) is 0 Å². The molecular weight excluding hydrogens is 324 g/mol. The Kier molecular flexibility index (Phi) is 11.7. The van der Waals surface area contributed by atoms with Crippen molar-refractivity contribution in [2.45, 2.75) is 96.7 Å². The quantitative estimate of drug-likeness (QED) is 0.227. The number of allylic oxidation sites excluding steroid dienone is 2. The molecule has 1 aliphatic rings. The highest BCUT2D eigenvalue weighted by Crippen LogP contribution is 2.17. The van der Waals surface area contributed by atoms with Crippen molar-refractivity contribution >= 4 is 8.07 Å². The third-order valence-electron chi connectivity index (χ3n) is 3.98. The maximum Gasteiger partial charge on any atom is 0.157 e. The van der Waals surface area contributed by atoms with Gasteiger partial charge >= 0.3 is 0 Å². The summed E-state index contributed by atoms with van der Waals surface area (Å²) >= 11 is 0. The molecule has 140 valence electrons. The highest BCUT2D eigenvalue weighted by molar-refractivity contribution is 6.83. The van der Waals surface area contributed by atoms with E-state index in [-0.39, 0.29) is 6.29 Å². The van der Waals surface area contributed by atoms with E-state index in [9.17, 15) is 0 Å². The molecule has 3 heteroatoms.